The van der Waals surface area contributed by atoms with Crippen LogP contribution < -0.4 is 9.44 Å². The lowest BCUT2D eigenvalue weighted by Crippen LogP contribution is -2.32. The van der Waals surface area contributed by atoms with Crippen molar-refractivity contribution in [1.29, 1.82) is 10.5 Å². The summed E-state index contributed by atoms with van der Waals surface area (Å²) in [5.41, 5.74) is 0.512. The van der Waals surface area contributed by atoms with Gasteiger partial charge in [-0.15, -0.1) is 0 Å². The van der Waals surface area contributed by atoms with Gasteiger partial charge in [-0.2, -0.15) is 23.7 Å². The molecule has 0 aliphatic carbocycles. The lowest BCUT2D eigenvalue weighted by molar-refractivity contribution is 0.204. The molecule has 0 bridgehead atoms. The van der Waals surface area contributed by atoms with Crippen LogP contribution in [0.25, 0.3) is 0 Å². The molecule has 2 N–H and O–H groups in total. The van der Waals surface area contributed by atoms with Crippen LogP contribution in [0.1, 0.15) is 11.1 Å². The summed E-state index contributed by atoms with van der Waals surface area (Å²) in [4.78, 5) is 0. The standard InChI is InChI=1S/C11H12N4O3S/c1-18-5-4-14-19(16,17)15-11-3-2-9(7-12)10(6-11)8-13/h2-3,6,14-15H,4-5H2,1H3. The number of rotatable bonds is 6. The third-order valence-electron chi connectivity index (χ3n) is 2.11. The molecular formula is C11H12N4O3S. The number of ether oxygens (including phenoxy) is 1. The van der Waals surface area contributed by atoms with Gasteiger partial charge in [0.25, 0.3) is 10.2 Å². The average molecular weight is 280 g/mol. The molecule has 0 aliphatic rings. The number of benzene rings is 1. The summed E-state index contributed by atoms with van der Waals surface area (Å²) in [5.74, 6) is 0. The number of nitriles is 2. The van der Waals surface area contributed by atoms with Gasteiger partial charge in [0.15, 0.2) is 0 Å². The molecule has 0 radical (unpaired) electrons. The Morgan fingerprint density at radius 1 is 1.26 bits per heavy atom. The van der Waals surface area contributed by atoms with Gasteiger partial charge in [-0.25, -0.2) is 0 Å². The van der Waals surface area contributed by atoms with E-state index in [1.165, 1.54) is 25.3 Å². The lowest BCUT2D eigenvalue weighted by atomic mass is 10.1. The van der Waals surface area contributed by atoms with Gasteiger partial charge in [-0.05, 0) is 18.2 Å². The van der Waals surface area contributed by atoms with Gasteiger partial charge >= 0.3 is 0 Å². The zero-order valence-electron chi connectivity index (χ0n) is 10.2. The van der Waals surface area contributed by atoms with Crippen molar-refractivity contribution in [3.8, 4) is 12.1 Å². The van der Waals surface area contributed by atoms with Crippen molar-refractivity contribution >= 4 is 15.9 Å². The van der Waals surface area contributed by atoms with E-state index in [9.17, 15) is 8.42 Å². The van der Waals surface area contributed by atoms with Crippen molar-refractivity contribution in [2.75, 3.05) is 25.0 Å². The van der Waals surface area contributed by atoms with E-state index in [0.717, 1.165) is 0 Å². The predicted octanol–water partition coefficient (Wildman–Crippen LogP) is 0.323. The highest BCUT2D eigenvalue weighted by Crippen LogP contribution is 2.15. The van der Waals surface area contributed by atoms with Crippen LogP contribution in [-0.4, -0.2) is 28.7 Å². The topological polar surface area (TPSA) is 115 Å². The molecule has 0 aromatic heterocycles. The van der Waals surface area contributed by atoms with Crippen molar-refractivity contribution in [3.63, 3.8) is 0 Å². The fourth-order valence-corrected chi connectivity index (χ4v) is 2.13. The van der Waals surface area contributed by atoms with Crippen LogP contribution in [0.3, 0.4) is 0 Å². The Balaban J connectivity index is 2.84. The quantitative estimate of drug-likeness (QED) is 0.728. The van der Waals surface area contributed by atoms with Crippen LogP contribution in [0, 0.1) is 22.7 Å². The normalized spacial score (nSPS) is 10.5. The molecule has 0 fully saturated rings. The molecule has 19 heavy (non-hydrogen) atoms. The first-order chi connectivity index (χ1) is 9.02. The summed E-state index contributed by atoms with van der Waals surface area (Å²) in [6, 6.07) is 7.77. The summed E-state index contributed by atoms with van der Waals surface area (Å²) < 4.78 is 32.4. The van der Waals surface area contributed by atoms with Gasteiger partial charge in [0.1, 0.15) is 12.1 Å². The van der Waals surface area contributed by atoms with E-state index in [2.05, 4.69) is 9.44 Å². The second-order valence-corrected chi connectivity index (χ2v) is 4.98. The van der Waals surface area contributed by atoms with Crippen molar-refractivity contribution in [1.82, 2.24) is 4.72 Å². The molecule has 100 valence electrons. The molecule has 1 rings (SSSR count). The first-order valence-electron chi connectivity index (χ1n) is 5.23. The number of anilines is 1. The molecule has 0 saturated carbocycles. The number of hydrogen-bond acceptors (Lipinski definition) is 5. The van der Waals surface area contributed by atoms with E-state index in [0.29, 0.717) is 0 Å². The molecule has 7 nitrogen and oxygen atoms in total. The van der Waals surface area contributed by atoms with Crippen LogP contribution >= 0.6 is 0 Å². The summed E-state index contributed by atoms with van der Waals surface area (Å²) in [7, 11) is -2.26. The molecule has 8 heteroatoms. The average Bonchev–Trinajstić information content (AvgIpc) is 2.38. The van der Waals surface area contributed by atoms with Crippen LogP contribution in [0.4, 0.5) is 5.69 Å². The Morgan fingerprint density at radius 3 is 2.53 bits per heavy atom. The molecule has 0 aliphatic heterocycles. The van der Waals surface area contributed by atoms with Gasteiger partial charge in [-0.1, -0.05) is 0 Å². The maximum atomic E-state index is 11.6. The van der Waals surface area contributed by atoms with Crippen molar-refractivity contribution < 1.29 is 13.2 Å². The fourth-order valence-electron chi connectivity index (χ4n) is 1.27. The van der Waals surface area contributed by atoms with Gasteiger partial charge in [0.05, 0.1) is 23.4 Å². The zero-order chi connectivity index (χ0) is 14.3. The maximum absolute atomic E-state index is 11.6. The van der Waals surface area contributed by atoms with Gasteiger partial charge in [0.2, 0.25) is 0 Å². The minimum Gasteiger partial charge on any atom is -0.383 e. The summed E-state index contributed by atoms with van der Waals surface area (Å²) >= 11 is 0. The molecule has 0 atom stereocenters. The molecule has 0 heterocycles. The monoisotopic (exact) mass is 280 g/mol. The molecule has 0 unspecified atom stereocenters. The molecule has 0 amide bonds. The third kappa shape index (κ3) is 4.56. The zero-order valence-corrected chi connectivity index (χ0v) is 11.0. The highest BCUT2D eigenvalue weighted by Gasteiger charge is 2.10. The SMILES string of the molecule is COCCNS(=O)(=O)Nc1ccc(C#N)c(C#N)c1. The highest BCUT2D eigenvalue weighted by atomic mass is 32.2. The largest absolute Gasteiger partial charge is 0.383 e. The molecule has 0 saturated heterocycles. The molecule has 1 aromatic carbocycles. The molecule has 0 spiro atoms. The predicted molar refractivity (Wildman–Crippen MR) is 68.3 cm³/mol. The van der Waals surface area contributed by atoms with Crippen LogP contribution in [0.15, 0.2) is 18.2 Å². The van der Waals surface area contributed by atoms with E-state index in [-0.39, 0.29) is 30.0 Å². The Hall–Kier alpha value is -2.13. The Morgan fingerprint density at radius 2 is 1.95 bits per heavy atom. The third-order valence-corrected chi connectivity index (χ3v) is 3.20. The Labute approximate surface area is 111 Å². The smallest absolute Gasteiger partial charge is 0.299 e. The van der Waals surface area contributed by atoms with Gasteiger partial charge in [0, 0.05) is 13.7 Å². The highest BCUT2D eigenvalue weighted by molar-refractivity contribution is 7.90. The van der Waals surface area contributed by atoms with E-state index >= 15 is 0 Å². The summed E-state index contributed by atoms with van der Waals surface area (Å²) in [6.45, 7) is 0.380. The van der Waals surface area contributed by atoms with Crippen LogP contribution in [0.5, 0.6) is 0 Å². The van der Waals surface area contributed by atoms with E-state index in [1.54, 1.807) is 0 Å². The molecular weight excluding hydrogens is 268 g/mol. The van der Waals surface area contributed by atoms with E-state index in [4.69, 9.17) is 15.3 Å². The van der Waals surface area contributed by atoms with E-state index in [1.807, 2.05) is 12.1 Å². The second kappa shape index (κ2) is 6.71. The maximum Gasteiger partial charge on any atom is 0.299 e. The Kier molecular flexibility index (Phi) is 5.27. The van der Waals surface area contributed by atoms with Crippen LogP contribution in [0.2, 0.25) is 0 Å². The molecule has 1 aromatic rings. The number of methoxy groups -OCH3 is 1. The fraction of sp³-hybridized carbons (Fsp3) is 0.273. The number of nitrogens with one attached hydrogen (secondary N) is 2. The van der Waals surface area contributed by atoms with Gasteiger partial charge in [-0.3, -0.25) is 4.72 Å². The summed E-state index contributed by atoms with van der Waals surface area (Å²) in [5, 5.41) is 17.6. The number of nitrogens with zero attached hydrogens (tertiary/aromatic N) is 2. The van der Waals surface area contributed by atoms with Crippen LogP contribution in [-0.2, 0) is 14.9 Å². The van der Waals surface area contributed by atoms with Crippen molar-refractivity contribution in [3.05, 3.63) is 29.3 Å². The minimum atomic E-state index is -3.72. The summed E-state index contributed by atoms with van der Waals surface area (Å²) in [6.07, 6.45) is 0. The van der Waals surface area contributed by atoms with Gasteiger partial charge < -0.3 is 4.74 Å². The van der Waals surface area contributed by atoms with E-state index < -0.39 is 10.2 Å². The lowest BCUT2D eigenvalue weighted by Gasteiger charge is -2.09. The first-order valence-corrected chi connectivity index (χ1v) is 6.71. The minimum absolute atomic E-state index is 0.111. The van der Waals surface area contributed by atoms with Crippen molar-refractivity contribution in [2.24, 2.45) is 0 Å². The number of hydrogen-bond donors (Lipinski definition) is 2. The van der Waals surface area contributed by atoms with Crippen molar-refractivity contribution in [2.45, 2.75) is 0 Å². The second-order valence-electron chi connectivity index (χ2n) is 3.48. The first kappa shape index (κ1) is 14.9. The Bertz CT molecular complexity index is 628.